The molecule has 0 saturated carbocycles. The average Bonchev–Trinajstić information content (AvgIpc) is 3.74. The molecule has 11 rings (SSSR count). The van der Waals surface area contributed by atoms with Crippen LogP contribution in [0.25, 0.3) is 106 Å². The van der Waals surface area contributed by atoms with E-state index in [0.29, 0.717) is 28.4 Å². The molecule has 2 aromatic heterocycles. The second-order valence-corrected chi connectivity index (χ2v) is 14.9. The third-order valence-electron chi connectivity index (χ3n) is 11.2. The Morgan fingerprint density at radius 2 is 0.803 bits per heavy atom. The number of rotatable bonds is 8. The van der Waals surface area contributed by atoms with Crippen molar-refractivity contribution < 1.29 is 5.48 Å². The summed E-state index contributed by atoms with van der Waals surface area (Å²) >= 11 is 0. The van der Waals surface area contributed by atoms with E-state index < -0.39 is 0 Å². The predicted octanol–water partition coefficient (Wildman–Crippen LogP) is 14.6. The maximum absolute atomic E-state index is 9.32. The van der Waals surface area contributed by atoms with Crippen LogP contribution in [-0.2, 0) is 0 Å². The van der Waals surface area contributed by atoms with E-state index in [4.69, 9.17) is 17.7 Å². The van der Waals surface area contributed by atoms with Gasteiger partial charge in [-0.25, -0.2) is 15.0 Å². The minimum Gasteiger partial charge on any atom is -0.309 e. The highest BCUT2D eigenvalue weighted by Crippen LogP contribution is 2.42. The van der Waals surface area contributed by atoms with Crippen molar-refractivity contribution in [2.75, 3.05) is 0 Å². The highest BCUT2D eigenvalue weighted by molar-refractivity contribution is 6.14. The van der Waals surface area contributed by atoms with Crippen molar-refractivity contribution in [1.82, 2.24) is 19.5 Å². The van der Waals surface area contributed by atoms with E-state index in [1.165, 1.54) is 0 Å². The van der Waals surface area contributed by atoms with Crippen molar-refractivity contribution in [3.63, 3.8) is 0 Å². The molecule has 0 aliphatic carbocycles. The molecule has 286 valence electrons. The Kier molecular flexibility index (Phi) is 8.07. The summed E-state index contributed by atoms with van der Waals surface area (Å²) in [5, 5.41) is 1.22. The lowest BCUT2D eigenvalue weighted by Crippen LogP contribution is -2.00. The Balaban J connectivity index is 1.07. The Morgan fingerprint density at radius 3 is 1.52 bits per heavy atom. The minimum atomic E-state index is -0.277. The van der Waals surface area contributed by atoms with E-state index in [-0.39, 0.29) is 24.2 Å². The SMILES string of the molecule is [2H]c1c([2H])c([2H])c2c(c1[2H])c1cccc(-c3ccccc3-c3ccccc3)c1n2-c1cccc(-c2cccc(-c3nc(-c4ccccc4)nc(-c4ccc(-c5ccccc5)cc4)n3)c2)c1. The summed E-state index contributed by atoms with van der Waals surface area (Å²) in [7, 11) is 0. The van der Waals surface area contributed by atoms with Crippen molar-refractivity contribution in [1.29, 1.82) is 0 Å². The smallest absolute Gasteiger partial charge is 0.164 e. The van der Waals surface area contributed by atoms with Gasteiger partial charge < -0.3 is 4.57 Å². The lowest BCUT2D eigenvalue weighted by Gasteiger charge is -2.15. The monoisotopic (exact) mass is 782 g/mol. The Labute approximate surface area is 360 Å². The van der Waals surface area contributed by atoms with Gasteiger partial charge >= 0.3 is 0 Å². The number of benzene rings is 9. The van der Waals surface area contributed by atoms with Gasteiger partial charge in [0.05, 0.1) is 16.5 Å². The van der Waals surface area contributed by atoms with Gasteiger partial charge in [-0.1, -0.05) is 206 Å². The predicted molar refractivity (Wildman–Crippen MR) is 252 cm³/mol. The highest BCUT2D eigenvalue weighted by Gasteiger charge is 2.19. The molecule has 0 N–H and O–H groups in total. The zero-order chi connectivity index (χ0) is 44.0. The fourth-order valence-corrected chi connectivity index (χ4v) is 8.28. The zero-order valence-corrected chi connectivity index (χ0v) is 32.9. The van der Waals surface area contributed by atoms with Gasteiger partial charge in [0.2, 0.25) is 0 Å². The van der Waals surface area contributed by atoms with Gasteiger partial charge in [0.15, 0.2) is 17.5 Å². The van der Waals surface area contributed by atoms with Crippen molar-refractivity contribution in [3.8, 4) is 84.4 Å². The standard InChI is InChI=1S/C57H38N4/c1-4-17-39(18-5-1)40-33-35-43(36-34-40)56-58-55(42-21-8-3-9-22-42)59-57(60-56)46-25-14-23-44(37-46)45-24-15-26-47(38-45)61-53-32-13-12-29-50(53)52-31-16-30-51(54(52)61)49-28-11-10-27-48(49)41-19-6-2-7-20-41/h1-38H/i12D,13D,29D,32D. The van der Waals surface area contributed by atoms with Crippen LogP contribution in [0.5, 0.6) is 0 Å². The van der Waals surface area contributed by atoms with Gasteiger partial charge in [-0.2, -0.15) is 0 Å². The van der Waals surface area contributed by atoms with Crippen molar-refractivity contribution in [2.24, 2.45) is 0 Å². The molecule has 0 unspecified atom stereocenters. The first kappa shape index (κ1) is 31.7. The molecule has 0 spiro atoms. The van der Waals surface area contributed by atoms with Gasteiger partial charge in [-0.15, -0.1) is 0 Å². The molecule has 0 saturated heterocycles. The Morgan fingerprint density at radius 1 is 0.328 bits per heavy atom. The number of fused-ring (bicyclic) bond motifs is 3. The molecule has 9 aromatic carbocycles. The van der Waals surface area contributed by atoms with Crippen LogP contribution in [0, 0.1) is 0 Å². The molecule has 2 heterocycles. The first-order valence-corrected chi connectivity index (χ1v) is 20.3. The zero-order valence-electron chi connectivity index (χ0n) is 36.9. The largest absolute Gasteiger partial charge is 0.309 e. The van der Waals surface area contributed by atoms with Crippen LogP contribution in [0.15, 0.2) is 230 Å². The number of aromatic nitrogens is 4. The first-order chi connectivity index (χ1) is 31.9. The molecule has 11 aromatic rings. The Hall–Kier alpha value is -8.21. The van der Waals surface area contributed by atoms with Gasteiger partial charge in [0, 0.05) is 38.7 Å². The molecule has 61 heavy (non-hydrogen) atoms. The maximum atomic E-state index is 9.32. The van der Waals surface area contributed by atoms with Crippen LogP contribution in [0.2, 0.25) is 0 Å². The molecule has 0 fully saturated rings. The number of hydrogen-bond donors (Lipinski definition) is 0. The second-order valence-electron chi connectivity index (χ2n) is 14.9. The van der Waals surface area contributed by atoms with Gasteiger partial charge in [-0.3, -0.25) is 0 Å². The molecular weight excluding hydrogens is 741 g/mol. The van der Waals surface area contributed by atoms with E-state index in [9.17, 15) is 2.74 Å². The van der Waals surface area contributed by atoms with Crippen molar-refractivity contribution in [3.05, 3.63) is 230 Å². The van der Waals surface area contributed by atoms with E-state index >= 15 is 0 Å². The average molecular weight is 783 g/mol. The summed E-state index contributed by atoms with van der Waals surface area (Å²) < 4.78 is 38.0. The van der Waals surface area contributed by atoms with E-state index in [0.717, 1.165) is 77.8 Å². The summed E-state index contributed by atoms with van der Waals surface area (Å²) in [4.78, 5) is 15.1. The number of nitrogens with zero attached hydrogens (tertiary/aromatic N) is 4. The molecule has 0 radical (unpaired) electrons. The molecule has 0 amide bonds. The van der Waals surface area contributed by atoms with Gasteiger partial charge in [-0.05, 0) is 63.2 Å². The highest BCUT2D eigenvalue weighted by atomic mass is 15.0. The fourth-order valence-electron chi connectivity index (χ4n) is 8.28. The van der Waals surface area contributed by atoms with Crippen molar-refractivity contribution >= 4 is 21.8 Å². The summed E-state index contributed by atoms with van der Waals surface area (Å²) in [5.41, 5.74) is 12.7. The number of para-hydroxylation sites is 2. The minimum absolute atomic E-state index is 0.0687. The third kappa shape index (κ3) is 6.76. The van der Waals surface area contributed by atoms with Gasteiger partial charge in [0.25, 0.3) is 0 Å². The van der Waals surface area contributed by atoms with Crippen LogP contribution in [0.3, 0.4) is 0 Å². The maximum Gasteiger partial charge on any atom is 0.164 e. The Bertz CT molecular complexity index is 3570. The summed E-state index contributed by atoms with van der Waals surface area (Å²) in [6, 6.07) is 68.7. The molecule has 4 heteroatoms. The summed E-state index contributed by atoms with van der Waals surface area (Å²) in [6.45, 7) is 0. The molecule has 0 bridgehead atoms. The van der Waals surface area contributed by atoms with Crippen LogP contribution in [0.1, 0.15) is 5.48 Å². The van der Waals surface area contributed by atoms with Crippen LogP contribution in [-0.4, -0.2) is 19.5 Å². The first-order valence-electron chi connectivity index (χ1n) is 22.3. The number of hydrogen-bond acceptors (Lipinski definition) is 3. The summed E-state index contributed by atoms with van der Waals surface area (Å²) in [6.07, 6.45) is 0. The quantitative estimate of drug-likeness (QED) is 0.154. The van der Waals surface area contributed by atoms with Gasteiger partial charge in [0.1, 0.15) is 0 Å². The fraction of sp³-hybridized carbons (Fsp3) is 0. The lowest BCUT2D eigenvalue weighted by molar-refractivity contribution is 1.07. The van der Waals surface area contributed by atoms with E-state index in [1.807, 2.05) is 120 Å². The van der Waals surface area contributed by atoms with Crippen LogP contribution >= 0.6 is 0 Å². The second kappa shape index (κ2) is 15.5. The molecule has 0 aliphatic heterocycles. The molecule has 4 nitrogen and oxygen atoms in total. The van der Waals surface area contributed by atoms with Crippen molar-refractivity contribution in [2.45, 2.75) is 0 Å². The van der Waals surface area contributed by atoms with E-state index in [2.05, 4.69) is 91.0 Å². The lowest BCUT2D eigenvalue weighted by atomic mass is 9.93. The third-order valence-corrected chi connectivity index (χ3v) is 11.2. The molecule has 0 aliphatic rings. The van der Waals surface area contributed by atoms with Crippen LogP contribution < -0.4 is 0 Å². The summed E-state index contributed by atoms with van der Waals surface area (Å²) in [5.74, 6) is 1.69. The van der Waals surface area contributed by atoms with Crippen LogP contribution in [0.4, 0.5) is 0 Å². The normalized spacial score (nSPS) is 12.2. The molecular formula is C57H38N4. The van der Waals surface area contributed by atoms with E-state index in [1.54, 1.807) is 0 Å². The topological polar surface area (TPSA) is 43.6 Å². The molecule has 0 atom stereocenters.